The minimum atomic E-state index is -1.38. The molecule has 14 heteroatoms. The molecule has 0 saturated heterocycles. The van der Waals surface area contributed by atoms with Crippen LogP contribution in [0.3, 0.4) is 0 Å². The van der Waals surface area contributed by atoms with Gasteiger partial charge in [-0.2, -0.15) is 0 Å². The molecule has 0 amide bonds. The Morgan fingerprint density at radius 2 is 0.776 bits per heavy atom. The third-order valence-electron chi connectivity index (χ3n) is 8.42. The number of hydrogen-bond acceptors (Lipinski definition) is 12. The van der Waals surface area contributed by atoms with Crippen LogP contribution in [0.4, 0.5) is 0 Å². The van der Waals surface area contributed by atoms with Crippen LogP contribution in [0.15, 0.2) is 99.0 Å². The SMILES string of the molecule is COC(=O)c1ccc2c3c1c(=O)c(=O)c1cccc(c1-3)c(=O)c2=O.O=C(O)c1ccc2c3c1c(=O)c(=O)c1cccc(c1-3)c(=O)c2=O.[K+].[OH-]. The molecule has 4 aromatic carbocycles. The predicted octanol–water partition coefficient (Wildman–Crippen LogP) is -1.98. The normalized spacial score (nSPS) is 11.1. The molecule has 0 fully saturated rings. The summed E-state index contributed by atoms with van der Waals surface area (Å²) in [6, 6.07) is 13.3. The van der Waals surface area contributed by atoms with Gasteiger partial charge in [-0.05, 0) is 24.3 Å². The molecule has 0 radical (unpaired) electrons. The minimum Gasteiger partial charge on any atom is -0.870 e. The third kappa shape index (κ3) is 4.72. The molecule has 4 aliphatic carbocycles. The standard InChI is InChI=1S/C18H8O6.C17H6O6.K.H2O/c1-24-18(23)10-6-5-9-12-11-7(14(19)15(9)20)3-2-4-8(11)16(21)17(22)13(10)12;18-13-6-2-1-3-7-10(6)11-8(14(13)19)4-5-9(17(22)23)12(11)16(21)15(7)20;;/h2-6H,1H3;1-5H,(H,22,23);;1H2/q;;+1;/p-1. The van der Waals surface area contributed by atoms with E-state index in [0.29, 0.717) is 0 Å². The van der Waals surface area contributed by atoms with Crippen LogP contribution in [0.5, 0.6) is 0 Å². The Labute approximate surface area is 311 Å². The molecule has 0 spiro atoms. The van der Waals surface area contributed by atoms with Crippen LogP contribution in [-0.2, 0) is 4.74 Å². The Hall–Kier alpha value is -5.22. The first kappa shape index (κ1) is 35.1. The minimum absolute atomic E-state index is 0. The number of methoxy groups -OCH3 is 1. The average molecular weight is 683 g/mol. The maximum absolute atomic E-state index is 12.5. The maximum Gasteiger partial charge on any atom is 1.00 e. The number of benzene rings is 8. The molecule has 0 unspecified atom stereocenters. The number of carboxylic acid groups (broad SMARTS) is 1. The van der Waals surface area contributed by atoms with Crippen LogP contribution in [-0.4, -0.2) is 29.6 Å². The number of hydrogen-bond donors (Lipinski definition) is 1. The second-order valence-electron chi connectivity index (χ2n) is 10.7. The van der Waals surface area contributed by atoms with Gasteiger partial charge in [-0.1, -0.05) is 36.4 Å². The number of carbonyl (C=O) groups excluding carboxylic acids is 1. The molecule has 13 nitrogen and oxygen atoms in total. The summed E-state index contributed by atoms with van der Waals surface area (Å²) in [5.74, 6) is -2.17. The fourth-order valence-electron chi connectivity index (χ4n) is 6.39. The van der Waals surface area contributed by atoms with Gasteiger partial charge in [-0.25, -0.2) is 9.59 Å². The smallest absolute Gasteiger partial charge is 0.870 e. The molecule has 0 heterocycles. The number of ether oxygens (including phenoxy) is 1. The van der Waals surface area contributed by atoms with Crippen molar-refractivity contribution in [3.8, 4) is 22.3 Å². The van der Waals surface area contributed by atoms with E-state index < -0.39 is 55.4 Å². The summed E-state index contributed by atoms with van der Waals surface area (Å²) in [5.41, 5.74) is -6.46. The van der Waals surface area contributed by atoms with E-state index >= 15 is 0 Å². The van der Waals surface area contributed by atoms with Crippen LogP contribution < -0.4 is 94.8 Å². The Morgan fingerprint density at radius 1 is 0.469 bits per heavy atom. The van der Waals surface area contributed by atoms with Crippen molar-refractivity contribution >= 4 is 55.0 Å². The molecule has 8 rings (SSSR count). The molecule has 4 aliphatic rings. The second kappa shape index (κ2) is 12.3. The zero-order valence-electron chi connectivity index (χ0n) is 25.2. The Kier molecular flexibility index (Phi) is 8.84. The zero-order chi connectivity index (χ0) is 33.6. The fraction of sp³-hybridized carbons (Fsp3) is 0.0286. The van der Waals surface area contributed by atoms with E-state index in [0.717, 1.165) is 13.2 Å². The first-order chi connectivity index (χ1) is 22.4. The number of esters is 1. The van der Waals surface area contributed by atoms with Crippen molar-refractivity contribution in [3.05, 3.63) is 154 Å². The van der Waals surface area contributed by atoms with Gasteiger partial charge >= 0.3 is 63.3 Å². The summed E-state index contributed by atoms with van der Waals surface area (Å²) >= 11 is 0. The van der Waals surface area contributed by atoms with Gasteiger partial charge in [-0.3, -0.25) is 38.4 Å². The Morgan fingerprint density at radius 3 is 1.12 bits per heavy atom. The van der Waals surface area contributed by atoms with E-state index in [1.165, 1.54) is 54.6 Å². The third-order valence-corrected chi connectivity index (χ3v) is 8.42. The zero-order valence-corrected chi connectivity index (χ0v) is 28.3. The van der Waals surface area contributed by atoms with Gasteiger partial charge in [0.2, 0.25) is 43.4 Å². The van der Waals surface area contributed by atoms with E-state index in [2.05, 4.69) is 4.74 Å². The predicted molar refractivity (Wildman–Crippen MR) is 174 cm³/mol. The Bertz CT molecular complexity index is 3060. The van der Waals surface area contributed by atoms with Crippen molar-refractivity contribution in [2.45, 2.75) is 0 Å². The Balaban J connectivity index is 0.000000184. The van der Waals surface area contributed by atoms with Crippen molar-refractivity contribution in [3.63, 3.8) is 0 Å². The molecule has 0 saturated carbocycles. The summed E-state index contributed by atoms with van der Waals surface area (Å²) in [6.45, 7) is 0. The summed E-state index contributed by atoms with van der Waals surface area (Å²) in [7, 11) is 1.15. The van der Waals surface area contributed by atoms with Crippen molar-refractivity contribution in [2.75, 3.05) is 7.11 Å². The summed E-state index contributed by atoms with van der Waals surface area (Å²) < 4.78 is 4.66. The summed E-state index contributed by atoms with van der Waals surface area (Å²) in [4.78, 5) is 122. The van der Waals surface area contributed by atoms with Crippen molar-refractivity contribution in [1.82, 2.24) is 0 Å². The van der Waals surface area contributed by atoms with Crippen LogP contribution >= 0.6 is 0 Å². The van der Waals surface area contributed by atoms with E-state index in [1.807, 2.05) is 0 Å². The van der Waals surface area contributed by atoms with Gasteiger partial charge in [0.15, 0.2) is 0 Å². The maximum atomic E-state index is 12.5. The van der Waals surface area contributed by atoms with Gasteiger partial charge in [-0.15, -0.1) is 0 Å². The van der Waals surface area contributed by atoms with Crippen LogP contribution in [0, 0.1) is 0 Å². The number of aromatic carboxylic acids is 1. The number of rotatable bonds is 2. The second-order valence-corrected chi connectivity index (χ2v) is 10.7. The van der Waals surface area contributed by atoms with E-state index in [-0.39, 0.29) is 133 Å². The number of carboxylic acids is 1. The molecular formula is C35H15KO13. The van der Waals surface area contributed by atoms with Crippen LogP contribution in [0.25, 0.3) is 65.3 Å². The average Bonchev–Trinajstić information content (AvgIpc) is 3.08. The van der Waals surface area contributed by atoms with Gasteiger partial charge in [0.1, 0.15) is 0 Å². The quantitative estimate of drug-likeness (QED) is 0.0903. The van der Waals surface area contributed by atoms with E-state index in [4.69, 9.17) is 0 Å². The first-order valence-corrected chi connectivity index (χ1v) is 13.7. The molecule has 234 valence electrons. The summed E-state index contributed by atoms with van der Waals surface area (Å²) in [6.07, 6.45) is 0. The van der Waals surface area contributed by atoms with Crippen LogP contribution in [0.2, 0.25) is 0 Å². The summed E-state index contributed by atoms with van der Waals surface area (Å²) in [5, 5.41) is 8.91. The largest absolute Gasteiger partial charge is 1.00 e. The molecule has 0 aliphatic heterocycles. The molecule has 49 heavy (non-hydrogen) atoms. The monoisotopic (exact) mass is 682 g/mol. The van der Waals surface area contributed by atoms with Crippen molar-refractivity contribution in [2.24, 2.45) is 0 Å². The number of carbonyl (C=O) groups is 2. The fourth-order valence-corrected chi connectivity index (χ4v) is 6.39. The molecule has 4 aromatic rings. The van der Waals surface area contributed by atoms with Gasteiger partial charge in [0.05, 0.1) is 18.2 Å². The molecule has 0 atom stereocenters. The van der Waals surface area contributed by atoms with E-state index in [1.54, 1.807) is 0 Å². The van der Waals surface area contributed by atoms with Crippen molar-refractivity contribution < 1.29 is 76.3 Å². The van der Waals surface area contributed by atoms with Crippen LogP contribution in [0.1, 0.15) is 20.7 Å². The topological polar surface area (TPSA) is 230 Å². The van der Waals surface area contributed by atoms with Gasteiger partial charge in [0.25, 0.3) is 0 Å². The van der Waals surface area contributed by atoms with Gasteiger partial charge in [0, 0.05) is 65.3 Å². The molecule has 0 aromatic heterocycles. The molecule has 2 N–H and O–H groups in total. The van der Waals surface area contributed by atoms with Crippen molar-refractivity contribution in [1.29, 1.82) is 0 Å². The van der Waals surface area contributed by atoms with Gasteiger partial charge < -0.3 is 15.3 Å². The molecule has 0 bridgehead atoms. The first-order valence-electron chi connectivity index (χ1n) is 13.7. The molecular weight excluding hydrogens is 667 g/mol. The van der Waals surface area contributed by atoms with E-state index in [9.17, 15) is 53.1 Å².